The molecule has 0 bridgehead atoms. The molecule has 0 saturated heterocycles. The van der Waals surface area contributed by atoms with Crippen LogP contribution >= 0.6 is 0 Å². The second-order valence-electron chi connectivity index (χ2n) is 8.21. The molecular formula is C27H28N4O3. The van der Waals surface area contributed by atoms with Crippen molar-refractivity contribution in [1.29, 1.82) is 0 Å². The maximum Gasteiger partial charge on any atom is 0.252 e. The number of hydrogen-bond donors (Lipinski definition) is 1. The highest BCUT2D eigenvalue weighted by Crippen LogP contribution is 2.26. The summed E-state index contributed by atoms with van der Waals surface area (Å²) in [6, 6.07) is 14.6. The highest BCUT2D eigenvalue weighted by molar-refractivity contribution is 5.97. The molecule has 0 fully saturated rings. The third kappa shape index (κ3) is 5.92. The summed E-state index contributed by atoms with van der Waals surface area (Å²) >= 11 is 0. The molecule has 0 aliphatic rings. The maximum absolute atomic E-state index is 13.1. The first kappa shape index (κ1) is 23.3. The van der Waals surface area contributed by atoms with Crippen molar-refractivity contribution in [2.24, 2.45) is 0 Å². The Morgan fingerprint density at radius 1 is 0.941 bits per heavy atom. The molecule has 34 heavy (non-hydrogen) atoms. The van der Waals surface area contributed by atoms with Gasteiger partial charge in [0.25, 0.3) is 5.91 Å². The summed E-state index contributed by atoms with van der Waals surface area (Å²) in [5.74, 6) is 1.18. The van der Waals surface area contributed by atoms with Crippen molar-refractivity contribution in [1.82, 2.24) is 20.3 Å². The van der Waals surface area contributed by atoms with E-state index >= 15 is 0 Å². The van der Waals surface area contributed by atoms with Crippen LogP contribution in [-0.2, 0) is 4.79 Å². The van der Waals surface area contributed by atoms with E-state index in [0.29, 0.717) is 42.0 Å². The summed E-state index contributed by atoms with van der Waals surface area (Å²) in [5, 5.41) is 3.08. The quantitative estimate of drug-likeness (QED) is 0.291. The highest BCUT2D eigenvalue weighted by Gasteiger charge is 2.21. The SMILES string of the molecule is CCC(=O)CCCCCC(NC(=O)c1ccc2nccnc2c1)c1ncc(-c2ccccc2)o1. The summed E-state index contributed by atoms with van der Waals surface area (Å²) in [7, 11) is 0. The van der Waals surface area contributed by atoms with Crippen LogP contribution in [0.15, 0.2) is 71.5 Å². The van der Waals surface area contributed by atoms with Crippen molar-refractivity contribution < 1.29 is 14.0 Å². The van der Waals surface area contributed by atoms with Crippen molar-refractivity contribution in [3.05, 3.63) is 78.6 Å². The van der Waals surface area contributed by atoms with Crippen molar-refractivity contribution in [3.8, 4) is 11.3 Å². The molecule has 2 aromatic heterocycles. The minimum atomic E-state index is -0.385. The molecule has 2 heterocycles. The minimum Gasteiger partial charge on any atom is -0.438 e. The topological polar surface area (TPSA) is 98.0 Å². The zero-order valence-corrected chi connectivity index (χ0v) is 19.2. The Bertz CT molecular complexity index is 1250. The van der Waals surface area contributed by atoms with E-state index in [0.717, 1.165) is 30.3 Å². The highest BCUT2D eigenvalue weighted by atomic mass is 16.4. The monoisotopic (exact) mass is 456 g/mol. The maximum atomic E-state index is 13.1. The standard InChI is InChI=1S/C27H28N4O3/c1-2-21(32)11-7-4-8-12-23(27-30-18-25(34-27)19-9-5-3-6-10-19)31-26(33)20-13-14-22-24(17-20)29-16-15-28-22/h3,5-6,9-10,13-18,23H,2,4,7-8,11-12H2,1H3,(H,31,33). The number of amides is 1. The van der Waals surface area contributed by atoms with Gasteiger partial charge in [0.1, 0.15) is 11.8 Å². The van der Waals surface area contributed by atoms with Crippen LogP contribution in [0.4, 0.5) is 0 Å². The van der Waals surface area contributed by atoms with E-state index in [4.69, 9.17) is 4.42 Å². The number of Topliss-reactive ketones (excluding diaryl/α,β-unsaturated/α-hetero) is 1. The van der Waals surface area contributed by atoms with Gasteiger partial charge in [0, 0.05) is 36.4 Å². The van der Waals surface area contributed by atoms with E-state index in [1.54, 1.807) is 36.8 Å². The van der Waals surface area contributed by atoms with Gasteiger partial charge in [-0.2, -0.15) is 0 Å². The Morgan fingerprint density at radius 3 is 2.53 bits per heavy atom. The lowest BCUT2D eigenvalue weighted by molar-refractivity contribution is -0.118. The van der Waals surface area contributed by atoms with E-state index in [-0.39, 0.29) is 17.7 Å². The first-order valence-corrected chi connectivity index (χ1v) is 11.7. The summed E-state index contributed by atoms with van der Waals surface area (Å²) in [4.78, 5) is 37.7. The van der Waals surface area contributed by atoms with Gasteiger partial charge in [-0.3, -0.25) is 19.6 Å². The Kier molecular flexibility index (Phi) is 7.75. The summed E-state index contributed by atoms with van der Waals surface area (Å²) in [5.41, 5.74) is 2.83. The normalized spacial score (nSPS) is 11.9. The molecule has 7 heteroatoms. The first-order chi connectivity index (χ1) is 16.6. The molecule has 0 aliphatic carbocycles. The second-order valence-corrected chi connectivity index (χ2v) is 8.21. The van der Waals surface area contributed by atoms with Crippen LogP contribution in [0.2, 0.25) is 0 Å². The van der Waals surface area contributed by atoms with Crippen molar-refractivity contribution in [2.75, 3.05) is 0 Å². The Hall–Kier alpha value is -3.87. The average Bonchev–Trinajstić information content (AvgIpc) is 3.38. The van der Waals surface area contributed by atoms with E-state index in [2.05, 4.69) is 20.3 Å². The third-order valence-electron chi connectivity index (χ3n) is 5.76. The van der Waals surface area contributed by atoms with Crippen LogP contribution in [0.3, 0.4) is 0 Å². The molecule has 0 saturated carbocycles. The van der Waals surface area contributed by atoms with Crippen molar-refractivity contribution in [3.63, 3.8) is 0 Å². The second kappa shape index (κ2) is 11.3. The fraction of sp³-hybridized carbons (Fsp3) is 0.296. The largest absolute Gasteiger partial charge is 0.438 e. The van der Waals surface area contributed by atoms with Crippen LogP contribution in [-0.4, -0.2) is 26.6 Å². The number of carbonyl (C=O) groups excluding carboxylic acids is 2. The van der Waals surface area contributed by atoms with Crippen LogP contribution in [0.5, 0.6) is 0 Å². The van der Waals surface area contributed by atoms with Gasteiger partial charge in [-0.05, 0) is 31.0 Å². The summed E-state index contributed by atoms with van der Waals surface area (Å²) in [6.45, 7) is 1.89. The zero-order valence-electron chi connectivity index (χ0n) is 19.2. The van der Waals surface area contributed by atoms with Crippen molar-refractivity contribution >= 4 is 22.7 Å². The lowest BCUT2D eigenvalue weighted by Gasteiger charge is -2.16. The van der Waals surface area contributed by atoms with Gasteiger partial charge in [-0.15, -0.1) is 0 Å². The number of aromatic nitrogens is 3. The molecule has 1 amide bonds. The van der Waals surface area contributed by atoms with E-state index < -0.39 is 0 Å². The Labute approximate surface area is 198 Å². The van der Waals surface area contributed by atoms with Crippen LogP contribution < -0.4 is 5.32 Å². The van der Waals surface area contributed by atoms with Gasteiger partial charge < -0.3 is 9.73 Å². The molecule has 0 radical (unpaired) electrons. The lowest BCUT2D eigenvalue weighted by atomic mass is 10.0. The van der Waals surface area contributed by atoms with Crippen LogP contribution in [0.25, 0.3) is 22.4 Å². The smallest absolute Gasteiger partial charge is 0.252 e. The van der Waals surface area contributed by atoms with Gasteiger partial charge >= 0.3 is 0 Å². The van der Waals surface area contributed by atoms with Gasteiger partial charge in [-0.1, -0.05) is 50.1 Å². The molecular weight excluding hydrogens is 428 g/mol. The predicted molar refractivity (Wildman–Crippen MR) is 130 cm³/mol. The molecule has 2 aromatic carbocycles. The van der Waals surface area contributed by atoms with Gasteiger partial charge in [0.2, 0.25) is 5.89 Å². The fourth-order valence-corrected chi connectivity index (χ4v) is 3.81. The third-order valence-corrected chi connectivity index (χ3v) is 5.76. The van der Waals surface area contributed by atoms with Gasteiger partial charge in [0.05, 0.1) is 17.2 Å². The van der Waals surface area contributed by atoms with E-state index in [1.165, 1.54) is 0 Å². The molecule has 0 aliphatic heterocycles. The number of oxazole rings is 1. The number of unbranched alkanes of at least 4 members (excludes halogenated alkanes) is 2. The molecule has 0 spiro atoms. The number of nitrogens with one attached hydrogen (secondary N) is 1. The molecule has 4 aromatic rings. The fourth-order valence-electron chi connectivity index (χ4n) is 3.81. The van der Waals surface area contributed by atoms with Crippen LogP contribution in [0, 0.1) is 0 Å². The van der Waals surface area contributed by atoms with E-state index in [9.17, 15) is 9.59 Å². The number of carbonyl (C=O) groups is 2. The number of nitrogens with zero attached hydrogens (tertiary/aromatic N) is 3. The molecule has 1 unspecified atom stereocenters. The van der Waals surface area contributed by atoms with Gasteiger partial charge in [-0.25, -0.2) is 4.98 Å². The Balaban J connectivity index is 1.49. The average molecular weight is 457 g/mol. The number of ketones is 1. The minimum absolute atomic E-state index is 0.224. The van der Waals surface area contributed by atoms with Crippen LogP contribution in [0.1, 0.15) is 67.7 Å². The van der Waals surface area contributed by atoms with E-state index in [1.807, 2.05) is 37.3 Å². The summed E-state index contributed by atoms with van der Waals surface area (Å²) in [6.07, 6.45) is 9.34. The lowest BCUT2D eigenvalue weighted by Crippen LogP contribution is -2.28. The molecule has 4 rings (SSSR count). The molecule has 1 N–H and O–H groups in total. The number of fused-ring (bicyclic) bond motifs is 1. The number of rotatable bonds is 11. The van der Waals surface area contributed by atoms with Crippen molar-refractivity contribution in [2.45, 2.75) is 51.5 Å². The van der Waals surface area contributed by atoms with Gasteiger partial charge in [0.15, 0.2) is 5.76 Å². The Morgan fingerprint density at radius 2 is 1.74 bits per heavy atom. The molecule has 7 nitrogen and oxygen atoms in total. The predicted octanol–water partition coefficient (Wildman–Crippen LogP) is 5.69. The zero-order chi connectivity index (χ0) is 23.8. The number of hydrogen-bond acceptors (Lipinski definition) is 6. The number of benzene rings is 2. The first-order valence-electron chi connectivity index (χ1n) is 11.7. The summed E-state index contributed by atoms with van der Waals surface area (Å²) < 4.78 is 6.05. The molecule has 174 valence electrons. The molecule has 1 atom stereocenters.